The number of halogens is 3. The third-order valence-corrected chi connectivity index (χ3v) is 0. The van der Waals surface area contributed by atoms with E-state index in [1.54, 1.807) is 0 Å². The van der Waals surface area contributed by atoms with Crippen molar-refractivity contribution in [2.24, 2.45) is 0 Å². The quantitative estimate of drug-likeness (QED) is 0.376. The topological polar surface area (TPSA) is 74.6 Å². The standard InChI is InChI=1S/CH3.BH3.3FH.Li.H2O4S/c;;;;;;1-5(2,3)4/h2*1H3;3*1H;;(H2,1,2,3,4). The Hall–Kier alpha value is 0.322. The Morgan fingerprint density at radius 2 is 1.00 bits per heavy atom. The van der Waals surface area contributed by atoms with Crippen molar-refractivity contribution in [1.82, 2.24) is 0 Å². The van der Waals surface area contributed by atoms with Crippen LogP contribution in [0.25, 0.3) is 0 Å². The second kappa shape index (κ2) is 22.4. The molecule has 0 atom stereocenters. The van der Waals surface area contributed by atoms with Crippen LogP contribution in [-0.2, 0) is 10.4 Å². The summed E-state index contributed by atoms with van der Waals surface area (Å²) in [5.74, 6) is 0. The summed E-state index contributed by atoms with van der Waals surface area (Å²) in [7, 11) is -4.67. The summed E-state index contributed by atoms with van der Waals surface area (Å²) in [5.41, 5.74) is 2.00. The summed E-state index contributed by atoms with van der Waals surface area (Å²) in [6, 6.07) is 0. The zero-order valence-electron chi connectivity index (χ0n) is 5.34. The fourth-order valence-corrected chi connectivity index (χ4v) is 0. The van der Waals surface area contributed by atoms with Crippen LogP contribution < -0.4 is 0 Å². The van der Waals surface area contributed by atoms with Gasteiger partial charge in [0.1, 0.15) is 0 Å². The van der Waals surface area contributed by atoms with Gasteiger partial charge < -0.3 is 0 Å². The van der Waals surface area contributed by atoms with Gasteiger partial charge in [0.25, 0.3) is 0 Å². The van der Waals surface area contributed by atoms with Gasteiger partial charge >= 0.3 is 33.7 Å². The first-order chi connectivity index (χ1) is 3.00. The molecule has 0 saturated carbocycles. The minimum absolute atomic E-state index is 0. The molecule has 4 nitrogen and oxygen atoms in total. The van der Waals surface area contributed by atoms with E-state index in [0.717, 1.165) is 0 Å². The molecular weight excluding hydrogens is 183 g/mol. The van der Waals surface area contributed by atoms with E-state index in [1.165, 1.54) is 0 Å². The molecule has 70 valence electrons. The first-order valence-corrected chi connectivity index (χ1v) is 3.10. The summed E-state index contributed by atoms with van der Waals surface area (Å²) in [4.78, 5) is 0. The monoisotopic (exact) mass is 194 g/mol. The van der Waals surface area contributed by atoms with Gasteiger partial charge in [0.15, 0.2) is 0 Å². The second-order valence-electron chi connectivity index (χ2n) is 0.448. The molecule has 2 N–H and O–H groups in total. The molecule has 0 aliphatic rings. The normalized spacial score (nSPS) is 5.91. The number of hydrogen-bond donors (Lipinski definition) is 2. The van der Waals surface area contributed by atoms with Gasteiger partial charge in [-0.25, -0.2) is 0 Å². The zero-order chi connectivity index (χ0) is 6.50. The number of rotatable bonds is 0. The molecule has 0 bridgehead atoms. The zero-order valence-corrected chi connectivity index (χ0v) is 6.16. The molecular formula is CH11BF3LiO4S. The van der Waals surface area contributed by atoms with Gasteiger partial charge in [0.2, 0.25) is 0 Å². The Morgan fingerprint density at radius 1 is 1.00 bits per heavy atom. The second-order valence-corrected chi connectivity index (χ2v) is 1.34. The van der Waals surface area contributed by atoms with E-state index >= 15 is 0 Å². The van der Waals surface area contributed by atoms with E-state index in [2.05, 4.69) is 0 Å². The van der Waals surface area contributed by atoms with Crippen LogP contribution in [0, 0.1) is 0 Å². The van der Waals surface area contributed by atoms with Gasteiger partial charge in [-0.3, -0.25) is 23.2 Å². The molecule has 0 radical (unpaired) electrons. The molecule has 0 aromatic heterocycles. The van der Waals surface area contributed by atoms with Crippen LogP contribution in [0.3, 0.4) is 0 Å². The molecule has 11 heavy (non-hydrogen) atoms. The van der Waals surface area contributed by atoms with Gasteiger partial charge in [0.05, 0.1) is 8.41 Å². The molecule has 0 aliphatic heterocycles. The number of hydrogen-bond acceptors (Lipinski definition) is 2. The Morgan fingerprint density at radius 3 is 1.00 bits per heavy atom. The van der Waals surface area contributed by atoms with Crippen LogP contribution in [0.1, 0.15) is 0 Å². The van der Waals surface area contributed by atoms with E-state index in [9.17, 15) is 0 Å². The van der Waals surface area contributed by atoms with Gasteiger partial charge in [-0.05, 0) is 0 Å². The van der Waals surface area contributed by atoms with Crippen molar-refractivity contribution in [2.45, 2.75) is 5.60 Å². The average molecular weight is 194 g/mol. The molecule has 0 saturated heterocycles. The predicted octanol–water partition coefficient (Wildman–Crippen LogP) is -1.18. The Labute approximate surface area is 74.2 Å². The van der Waals surface area contributed by atoms with Crippen molar-refractivity contribution in [3.8, 4) is 0 Å². The molecule has 0 aromatic carbocycles. The summed E-state index contributed by atoms with van der Waals surface area (Å²) >= 11 is 2.00. The maximum atomic E-state index is 8.74. The van der Waals surface area contributed by atoms with Crippen molar-refractivity contribution >= 4 is 36.5 Å². The molecule has 10 heteroatoms. The maximum absolute atomic E-state index is 8.74. The van der Waals surface area contributed by atoms with Crippen molar-refractivity contribution in [2.75, 3.05) is 0 Å². The van der Waals surface area contributed by atoms with Crippen LogP contribution >= 0.6 is 0 Å². The predicted molar refractivity (Wildman–Crippen MR) is 43.2 cm³/mol. The molecule has 0 spiro atoms. The molecule has 0 amide bonds. The molecule has 0 fully saturated rings. The minimum atomic E-state index is -4.67. The summed E-state index contributed by atoms with van der Waals surface area (Å²) in [6.45, 7) is 0. The fraction of sp³-hybridized carbons (Fsp3) is 1.00. The Bertz CT molecular complexity index is 109. The summed E-state index contributed by atoms with van der Waals surface area (Å²) in [5, 5.41) is 0. The molecule has 0 aromatic rings. The van der Waals surface area contributed by atoms with Crippen molar-refractivity contribution in [1.29, 1.82) is 0 Å². The molecule has 0 aliphatic carbocycles. The summed E-state index contributed by atoms with van der Waals surface area (Å²) < 4.78 is 31.6. The van der Waals surface area contributed by atoms with Crippen molar-refractivity contribution in [3.63, 3.8) is 0 Å². The van der Waals surface area contributed by atoms with E-state index in [0.29, 0.717) is 0 Å². The fourth-order valence-electron chi connectivity index (χ4n) is 0. The van der Waals surface area contributed by atoms with Gasteiger partial charge in [0, 0.05) is 0 Å². The van der Waals surface area contributed by atoms with E-state index in [4.69, 9.17) is 17.5 Å². The van der Waals surface area contributed by atoms with Crippen LogP contribution in [-0.4, -0.2) is 43.7 Å². The van der Waals surface area contributed by atoms with E-state index < -0.39 is 10.4 Å². The Kier molecular flexibility index (Phi) is 86.9. The van der Waals surface area contributed by atoms with E-state index in [-0.39, 0.29) is 22.5 Å². The van der Waals surface area contributed by atoms with E-state index in [1.807, 2.05) is 23.3 Å². The third-order valence-electron chi connectivity index (χ3n) is 0. The summed E-state index contributed by atoms with van der Waals surface area (Å²) in [6.07, 6.45) is 0. The van der Waals surface area contributed by atoms with Crippen LogP contribution in [0.4, 0.5) is 14.1 Å². The van der Waals surface area contributed by atoms with Crippen LogP contribution in [0.15, 0.2) is 0 Å². The molecule has 0 heterocycles. The van der Waals surface area contributed by atoms with Gasteiger partial charge in [-0.2, -0.15) is 8.42 Å². The SMILES string of the molecule is B.F.F.F.O=S(=O)(O)O.[Li][CH3]. The van der Waals surface area contributed by atoms with Crippen molar-refractivity contribution in [3.05, 3.63) is 0 Å². The van der Waals surface area contributed by atoms with Gasteiger partial charge in [-0.1, -0.05) is 0 Å². The van der Waals surface area contributed by atoms with Crippen LogP contribution in [0.5, 0.6) is 0 Å². The first-order valence-electron chi connectivity index (χ1n) is 1.70. The Balaban J connectivity index is -0.00000000972. The molecule has 0 unspecified atom stereocenters. The van der Waals surface area contributed by atoms with Crippen molar-refractivity contribution < 1.29 is 31.6 Å². The third kappa shape index (κ3) is 6880. The van der Waals surface area contributed by atoms with Crippen LogP contribution in [0.2, 0.25) is 5.60 Å². The average Bonchev–Trinajstić information content (AvgIpc) is 1.36. The molecule has 0 rings (SSSR count). The first kappa shape index (κ1) is 42.6. The van der Waals surface area contributed by atoms with Gasteiger partial charge in [-0.15, -0.1) is 0 Å².